The molecule has 1 aliphatic rings. The third-order valence-electron chi connectivity index (χ3n) is 2.68. The fourth-order valence-corrected chi connectivity index (χ4v) is 1.71. The summed E-state index contributed by atoms with van der Waals surface area (Å²) in [6, 6.07) is 8.35. The van der Waals surface area contributed by atoms with Gasteiger partial charge in [-0.3, -0.25) is 0 Å². The van der Waals surface area contributed by atoms with Crippen molar-refractivity contribution in [3.05, 3.63) is 29.8 Å². The quantitative estimate of drug-likeness (QED) is 0.859. The first-order valence-electron chi connectivity index (χ1n) is 5.29. The molecule has 1 saturated carbocycles. The maximum absolute atomic E-state index is 6.11. The summed E-state index contributed by atoms with van der Waals surface area (Å²) in [7, 11) is 0. The van der Waals surface area contributed by atoms with Crippen LogP contribution in [0.2, 0.25) is 0 Å². The zero-order chi connectivity index (χ0) is 9.97. The van der Waals surface area contributed by atoms with Crippen LogP contribution in [0.3, 0.4) is 0 Å². The van der Waals surface area contributed by atoms with Crippen LogP contribution in [0.1, 0.15) is 31.4 Å². The molecule has 2 N–H and O–H groups in total. The zero-order valence-corrected chi connectivity index (χ0v) is 9.80. The van der Waals surface area contributed by atoms with Crippen LogP contribution in [0.15, 0.2) is 24.3 Å². The van der Waals surface area contributed by atoms with E-state index < -0.39 is 0 Å². The SMILES string of the molecule is CCOc1cccc([C@@H](N)C2CC2)c1.Cl. The summed E-state index contributed by atoms with van der Waals surface area (Å²) >= 11 is 0. The number of nitrogens with two attached hydrogens (primary N) is 1. The van der Waals surface area contributed by atoms with Gasteiger partial charge in [0, 0.05) is 6.04 Å². The van der Waals surface area contributed by atoms with Crippen molar-refractivity contribution < 1.29 is 4.74 Å². The molecular weight excluding hydrogens is 210 g/mol. The normalized spacial score (nSPS) is 16.7. The molecule has 1 aromatic rings. The van der Waals surface area contributed by atoms with Crippen molar-refractivity contribution in [1.29, 1.82) is 0 Å². The van der Waals surface area contributed by atoms with E-state index in [9.17, 15) is 0 Å². The first-order chi connectivity index (χ1) is 6.81. The van der Waals surface area contributed by atoms with Crippen molar-refractivity contribution in [2.75, 3.05) is 6.61 Å². The molecule has 0 aliphatic heterocycles. The average Bonchev–Trinajstić information content (AvgIpc) is 3.01. The molecule has 0 aromatic heterocycles. The maximum atomic E-state index is 6.11. The molecule has 1 aliphatic carbocycles. The molecule has 0 radical (unpaired) electrons. The third-order valence-corrected chi connectivity index (χ3v) is 2.68. The van der Waals surface area contributed by atoms with Crippen LogP contribution in [0.5, 0.6) is 5.75 Å². The topological polar surface area (TPSA) is 35.2 Å². The summed E-state index contributed by atoms with van der Waals surface area (Å²) < 4.78 is 5.44. The Hall–Kier alpha value is -0.730. The second-order valence-corrected chi connectivity index (χ2v) is 3.87. The molecule has 0 saturated heterocycles. The zero-order valence-electron chi connectivity index (χ0n) is 8.98. The van der Waals surface area contributed by atoms with Crippen molar-refractivity contribution in [2.24, 2.45) is 11.7 Å². The van der Waals surface area contributed by atoms with E-state index in [0.29, 0.717) is 12.5 Å². The fraction of sp³-hybridized carbons (Fsp3) is 0.500. The Morgan fingerprint density at radius 1 is 1.47 bits per heavy atom. The number of ether oxygens (including phenoxy) is 1. The van der Waals surface area contributed by atoms with Gasteiger partial charge in [-0.1, -0.05) is 12.1 Å². The highest BCUT2D eigenvalue weighted by Crippen LogP contribution is 2.39. The molecular formula is C12H18ClNO. The van der Waals surface area contributed by atoms with Crippen LogP contribution in [-0.2, 0) is 0 Å². The van der Waals surface area contributed by atoms with Gasteiger partial charge in [0.25, 0.3) is 0 Å². The second kappa shape index (κ2) is 5.38. The molecule has 0 amide bonds. The highest BCUT2D eigenvalue weighted by atomic mass is 35.5. The molecule has 84 valence electrons. The number of hydrogen-bond donors (Lipinski definition) is 1. The second-order valence-electron chi connectivity index (χ2n) is 3.87. The number of rotatable bonds is 4. The van der Waals surface area contributed by atoms with Crippen LogP contribution in [0.4, 0.5) is 0 Å². The minimum Gasteiger partial charge on any atom is -0.494 e. The van der Waals surface area contributed by atoms with Gasteiger partial charge < -0.3 is 10.5 Å². The fourth-order valence-electron chi connectivity index (χ4n) is 1.71. The Morgan fingerprint density at radius 2 is 2.20 bits per heavy atom. The molecule has 2 nitrogen and oxygen atoms in total. The summed E-state index contributed by atoms with van der Waals surface area (Å²) in [6.45, 7) is 2.70. The monoisotopic (exact) mass is 227 g/mol. The molecule has 1 aromatic carbocycles. The Labute approximate surface area is 97.2 Å². The number of hydrogen-bond acceptors (Lipinski definition) is 2. The standard InChI is InChI=1S/C12H17NO.ClH/c1-2-14-11-5-3-4-10(8-11)12(13)9-6-7-9;/h3-5,8-9,12H,2,6-7,13H2,1H3;1H/t12-;/m0./s1. The van der Waals surface area contributed by atoms with Crippen LogP contribution < -0.4 is 10.5 Å². The van der Waals surface area contributed by atoms with Crippen molar-refractivity contribution in [3.63, 3.8) is 0 Å². The molecule has 1 atom stereocenters. The van der Waals surface area contributed by atoms with Crippen molar-refractivity contribution in [3.8, 4) is 5.75 Å². The van der Waals surface area contributed by atoms with Gasteiger partial charge in [-0.25, -0.2) is 0 Å². The van der Waals surface area contributed by atoms with E-state index in [1.54, 1.807) is 0 Å². The summed E-state index contributed by atoms with van der Waals surface area (Å²) in [5, 5.41) is 0. The van der Waals surface area contributed by atoms with E-state index in [-0.39, 0.29) is 18.4 Å². The summed E-state index contributed by atoms with van der Waals surface area (Å²) in [6.07, 6.45) is 2.56. The molecule has 0 bridgehead atoms. The molecule has 0 heterocycles. The van der Waals surface area contributed by atoms with E-state index in [2.05, 4.69) is 12.1 Å². The lowest BCUT2D eigenvalue weighted by Crippen LogP contribution is -2.12. The lowest BCUT2D eigenvalue weighted by molar-refractivity contribution is 0.339. The lowest BCUT2D eigenvalue weighted by Gasteiger charge is -2.12. The Bertz CT molecular complexity index is 312. The Kier molecular flexibility index (Phi) is 4.43. The Morgan fingerprint density at radius 3 is 2.80 bits per heavy atom. The molecule has 1 fully saturated rings. The smallest absolute Gasteiger partial charge is 0.119 e. The van der Waals surface area contributed by atoms with Crippen LogP contribution in [0.25, 0.3) is 0 Å². The third kappa shape index (κ3) is 3.11. The summed E-state index contributed by atoms with van der Waals surface area (Å²) in [4.78, 5) is 0. The average molecular weight is 228 g/mol. The number of benzene rings is 1. The first-order valence-corrected chi connectivity index (χ1v) is 5.29. The minimum absolute atomic E-state index is 0. The highest BCUT2D eigenvalue weighted by molar-refractivity contribution is 5.85. The summed E-state index contributed by atoms with van der Waals surface area (Å²) in [5.74, 6) is 1.63. The van der Waals surface area contributed by atoms with E-state index >= 15 is 0 Å². The van der Waals surface area contributed by atoms with Gasteiger partial charge in [-0.05, 0) is 43.4 Å². The van der Waals surface area contributed by atoms with Crippen LogP contribution >= 0.6 is 12.4 Å². The van der Waals surface area contributed by atoms with Crippen LogP contribution in [-0.4, -0.2) is 6.61 Å². The minimum atomic E-state index is 0. The first kappa shape index (κ1) is 12.3. The van der Waals surface area contributed by atoms with Crippen LogP contribution in [0, 0.1) is 5.92 Å². The van der Waals surface area contributed by atoms with Gasteiger partial charge in [-0.15, -0.1) is 12.4 Å². The van der Waals surface area contributed by atoms with Crippen molar-refractivity contribution in [2.45, 2.75) is 25.8 Å². The largest absolute Gasteiger partial charge is 0.494 e. The molecule has 2 rings (SSSR count). The predicted molar refractivity (Wildman–Crippen MR) is 64.5 cm³/mol. The predicted octanol–water partition coefficient (Wildman–Crippen LogP) is 2.92. The van der Waals surface area contributed by atoms with E-state index in [1.165, 1.54) is 18.4 Å². The van der Waals surface area contributed by atoms with Crippen molar-refractivity contribution >= 4 is 12.4 Å². The Balaban J connectivity index is 0.00000112. The lowest BCUT2D eigenvalue weighted by atomic mass is 10.0. The van der Waals surface area contributed by atoms with Gasteiger partial charge in [0.1, 0.15) is 5.75 Å². The van der Waals surface area contributed by atoms with E-state index in [4.69, 9.17) is 10.5 Å². The van der Waals surface area contributed by atoms with Gasteiger partial charge in [0.05, 0.1) is 6.61 Å². The van der Waals surface area contributed by atoms with Gasteiger partial charge >= 0.3 is 0 Å². The van der Waals surface area contributed by atoms with Gasteiger partial charge in [0.2, 0.25) is 0 Å². The molecule has 3 heteroatoms. The summed E-state index contributed by atoms with van der Waals surface area (Å²) in [5.41, 5.74) is 7.32. The number of halogens is 1. The highest BCUT2D eigenvalue weighted by Gasteiger charge is 2.29. The molecule has 0 unspecified atom stereocenters. The maximum Gasteiger partial charge on any atom is 0.119 e. The van der Waals surface area contributed by atoms with Gasteiger partial charge in [-0.2, -0.15) is 0 Å². The van der Waals surface area contributed by atoms with Crippen molar-refractivity contribution in [1.82, 2.24) is 0 Å². The molecule has 0 spiro atoms. The van der Waals surface area contributed by atoms with E-state index in [1.807, 2.05) is 19.1 Å². The molecule has 15 heavy (non-hydrogen) atoms. The van der Waals surface area contributed by atoms with Gasteiger partial charge in [0.15, 0.2) is 0 Å². The van der Waals surface area contributed by atoms with E-state index in [0.717, 1.165) is 5.75 Å².